The predicted octanol–water partition coefficient (Wildman–Crippen LogP) is 11.3. The molecule has 38 heavy (non-hydrogen) atoms. The highest BCUT2D eigenvalue weighted by molar-refractivity contribution is 4.51. The van der Waals surface area contributed by atoms with Gasteiger partial charge in [0.2, 0.25) is 0 Å². The van der Waals surface area contributed by atoms with Crippen molar-refractivity contribution in [3.05, 3.63) is 0 Å². The Hall–Kier alpha value is -0.0800. The first kappa shape index (κ1) is 37.9. The summed E-state index contributed by atoms with van der Waals surface area (Å²) in [7, 11) is 9.82. The zero-order valence-electron chi connectivity index (χ0n) is 28.1. The molecule has 230 valence electrons. The lowest BCUT2D eigenvalue weighted by Gasteiger charge is -2.30. The second-order valence-electron chi connectivity index (χ2n) is 14.3. The molecule has 0 unspecified atom stereocenters. The highest BCUT2D eigenvalue weighted by Crippen LogP contribution is 2.15. The van der Waals surface area contributed by atoms with Crippen LogP contribution >= 0.6 is 0 Å². The molecule has 0 amide bonds. The van der Waals surface area contributed by atoms with Crippen LogP contribution in [0.15, 0.2) is 0 Å². The summed E-state index contributed by atoms with van der Waals surface area (Å²) in [6, 6.07) is 0. The zero-order chi connectivity index (χ0) is 28.2. The molecule has 0 saturated carbocycles. The molecule has 0 fully saturated rings. The molecule has 0 N–H and O–H groups in total. The summed E-state index contributed by atoms with van der Waals surface area (Å²) in [6.45, 7) is 10.1. The molecular formula is C36H78N2+2. The molecule has 0 heterocycles. The first-order valence-electron chi connectivity index (χ1n) is 18.0. The first-order chi connectivity index (χ1) is 18.3. The molecule has 0 aliphatic carbocycles. The van der Waals surface area contributed by atoms with Crippen LogP contribution in [0.3, 0.4) is 0 Å². The van der Waals surface area contributed by atoms with Crippen molar-refractivity contribution in [1.82, 2.24) is 0 Å². The Morgan fingerprint density at radius 1 is 0.237 bits per heavy atom. The van der Waals surface area contributed by atoms with Gasteiger partial charge >= 0.3 is 0 Å². The number of quaternary nitrogens is 2. The Labute approximate surface area is 243 Å². The van der Waals surface area contributed by atoms with Crippen LogP contribution in [-0.4, -0.2) is 63.3 Å². The summed E-state index contributed by atoms with van der Waals surface area (Å²) in [4.78, 5) is 0. The summed E-state index contributed by atoms with van der Waals surface area (Å²) in [5.41, 5.74) is 0. The fourth-order valence-electron chi connectivity index (χ4n) is 6.06. The Morgan fingerprint density at radius 2 is 0.395 bits per heavy atom. The van der Waals surface area contributed by atoms with E-state index in [-0.39, 0.29) is 0 Å². The average Bonchev–Trinajstić information content (AvgIpc) is 2.87. The van der Waals surface area contributed by atoms with Crippen molar-refractivity contribution in [2.24, 2.45) is 0 Å². The van der Waals surface area contributed by atoms with E-state index in [4.69, 9.17) is 0 Å². The minimum absolute atomic E-state index is 1.24. The lowest BCUT2D eigenvalue weighted by molar-refractivity contribution is -0.890. The molecule has 0 saturated heterocycles. The third-order valence-electron chi connectivity index (χ3n) is 9.01. The van der Waals surface area contributed by atoms with Gasteiger partial charge in [0.05, 0.1) is 54.4 Å². The van der Waals surface area contributed by atoms with Gasteiger partial charge in [-0.2, -0.15) is 0 Å². The summed E-state index contributed by atoms with van der Waals surface area (Å²) in [5.74, 6) is 0. The fourth-order valence-corrected chi connectivity index (χ4v) is 6.06. The number of hydrogen-bond donors (Lipinski definition) is 0. The second-order valence-corrected chi connectivity index (χ2v) is 14.3. The number of hydrogen-bond acceptors (Lipinski definition) is 0. The summed E-state index contributed by atoms with van der Waals surface area (Å²) in [5, 5.41) is 0. The van der Waals surface area contributed by atoms with E-state index in [0.717, 1.165) is 0 Å². The van der Waals surface area contributed by atoms with Gasteiger partial charge in [0, 0.05) is 0 Å². The number of rotatable bonds is 31. The lowest BCUT2D eigenvalue weighted by Crippen LogP contribution is -2.41. The lowest BCUT2D eigenvalue weighted by atomic mass is 10.1. The normalized spacial score (nSPS) is 12.5. The van der Waals surface area contributed by atoms with Gasteiger partial charge in [-0.3, -0.25) is 0 Å². The SMILES string of the molecule is CCCCCCCCCC[N+](C)(C)CCCCCCCCCCCC[N+](C)(C)CCCCCCCCCC. The van der Waals surface area contributed by atoms with E-state index >= 15 is 0 Å². The van der Waals surface area contributed by atoms with E-state index in [0.29, 0.717) is 0 Å². The van der Waals surface area contributed by atoms with Gasteiger partial charge in [-0.25, -0.2) is 0 Å². The van der Waals surface area contributed by atoms with Crippen LogP contribution in [0.2, 0.25) is 0 Å². The average molecular weight is 539 g/mol. The van der Waals surface area contributed by atoms with Crippen molar-refractivity contribution in [2.75, 3.05) is 54.4 Å². The zero-order valence-corrected chi connectivity index (χ0v) is 28.1. The molecule has 2 heteroatoms. The van der Waals surface area contributed by atoms with E-state index in [2.05, 4.69) is 42.0 Å². The Kier molecular flexibility index (Phi) is 27.1. The quantitative estimate of drug-likeness (QED) is 0.0608. The van der Waals surface area contributed by atoms with Crippen LogP contribution in [0.4, 0.5) is 0 Å². The smallest absolute Gasteiger partial charge is 0.0782 e. The Bertz CT molecular complexity index is 414. The van der Waals surface area contributed by atoms with Gasteiger partial charge in [0.15, 0.2) is 0 Å². The van der Waals surface area contributed by atoms with Crippen LogP contribution in [0, 0.1) is 0 Å². The fraction of sp³-hybridized carbons (Fsp3) is 1.00. The molecule has 0 bridgehead atoms. The minimum atomic E-state index is 1.24. The van der Waals surface area contributed by atoms with Crippen molar-refractivity contribution in [1.29, 1.82) is 0 Å². The second kappa shape index (κ2) is 27.1. The van der Waals surface area contributed by atoms with E-state index < -0.39 is 0 Å². The Morgan fingerprint density at radius 3 is 0.579 bits per heavy atom. The van der Waals surface area contributed by atoms with E-state index in [9.17, 15) is 0 Å². The van der Waals surface area contributed by atoms with Gasteiger partial charge in [0.25, 0.3) is 0 Å². The molecule has 0 aromatic carbocycles. The predicted molar refractivity (Wildman–Crippen MR) is 175 cm³/mol. The van der Waals surface area contributed by atoms with Crippen LogP contribution in [-0.2, 0) is 0 Å². The van der Waals surface area contributed by atoms with Gasteiger partial charge in [-0.05, 0) is 51.4 Å². The molecular weight excluding hydrogens is 460 g/mol. The molecule has 0 aliphatic rings. The standard InChI is InChI=1S/C36H78N2/c1-7-9-11-13-15-21-25-29-33-37(3,4)35-31-27-23-19-17-18-20-24-28-32-36-38(5,6)34-30-26-22-16-14-12-10-8-2/h7-36H2,1-6H3/q+2. The molecule has 2 nitrogen and oxygen atoms in total. The largest absolute Gasteiger partial charge is 0.328 e. The summed E-state index contributed by atoms with van der Waals surface area (Å²) in [6.07, 6.45) is 37.6. The molecule has 0 rings (SSSR count). The third kappa shape index (κ3) is 28.9. The molecule has 0 atom stereocenters. The van der Waals surface area contributed by atoms with E-state index in [1.165, 1.54) is 202 Å². The van der Waals surface area contributed by atoms with Crippen LogP contribution in [0.25, 0.3) is 0 Å². The van der Waals surface area contributed by atoms with Crippen molar-refractivity contribution in [2.45, 2.75) is 181 Å². The minimum Gasteiger partial charge on any atom is -0.328 e. The molecule has 0 aromatic rings. The van der Waals surface area contributed by atoms with Crippen molar-refractivity contribution in [3.8, 4) is 0 Å². The molecule has 0 spiro atoms. The monoisotopic (exact) mass is 539 g/mol. The Balaban J connectivity index is 3.42. The first-order valence-corrected chi connectivity index (χ1v) is 18.0. The van der Waals surface area contributed by atoms with Crippen LogP contribution in [0.1, 0.15) is 181 Å². The van der Waals surface area contributed by atoms with Gasteiger partial charge in [-0.1, -0.05) is 129 Å². The molecule has 0 aromatic heterocycles. The van der Waals surface area contributed by atoms with Crippen molar-refractivity contribution in [3.63, 3.8) is 0 Å². The van der Waals surface area contributed by atoms with Gasteiger partial charge < -0.3 is 8.97 Å². The van der Waals surface area contributed by atoms with Crippen molar-refractivity contribution >= 4 is 0 Å². The van der Waals surface area contributed by atoms with E-state index in [1.54, 1.807) is 0 Å². The van der Waals surface area contributed by atoms with Crippen LogP contribution < -0.4 is 0 Å². The maximum absolute atomic E-state index is 2.46. The highest BCUT2D eigenvalue weighted by Gasteiger charge is 2.14. The van der Waals surface area contributed by atoms with Crippen molar-refractivity contribution < 1.29 is 8.97 Å². The topological polar surface area (TPSA) is 0 Å². The summed E-state index contributed by atoms with van der Waals surface area (Å²) < 4.78 is 2.48. The van der Waals surface area contributed by atoms with E-state index in [1.807, 2.05) is 0 Å². The van der Waals surface area contributed by atoms with Gasteiger partial charge in [0.1, 0.15) is 0 Å². The molecule has 0 radical (unpaired) electrons. The number of nitrogens with zero attached hydrogens (tertiary/aromatic N) is 2. The highest BCUT2D eigenvalue weighted by atomic mass is 15.3. The number of unbranched alkanes of at least 4 members (excludes halogenated alkanes) is 23. The maximum atomic E-state index is 2.46. The van der Waals surface area contributed by atoms with Crippen LogP contribution in [0.5, 0.6) is 0 Å². The maximum Gasteiger partial charge on any atom is 0.0782 e. The van der Waals surface area contributed by atoms with Gasteiger partial charge in [-0.15, -0.1) is 0 Å². The molecule has 0 aliphatic heterocycles. The summed E-state index contributed by atoms with van der Waals surface area (Å²) >= 11 is 0. The third-order valence-corrected chi connectivity index (χ3v) is 9.01.